The molecule has 0 spiro atoms. The summed E-state index contributed by atoms with van der Waals surface area (Å²) in [5.41, 5.74) is -0.118. The summed E-state index contributed by atoms with van der Waals surface area (Å²) in [5, 5.41) is 18.0. The zero-order valence-electron chi connectivity index (χ0n) is 11.5. The van der Waals surface area contributed by atoms with Crippen LogP contribution in [0.25, 0.3) is 0 Å². The molecule has 2 aromatic rings. The van der Waals surface area contributed by atoms with E-state index in [4.69, 9.17) is 5.21 Å². The quantitative estimate of drug-likeness (QED) is 0.341. The van der Waals surface area contributed by atoms with Gasteiger partial charge in [0.25, 0.3) is 0 Å². The van der Waals surface area contributed by atoms with E-state index in [1.165, 1.54) is 12.1 Å². The molecule has 24 heavy (non-hydrogen) atoms. The van der Waals surface area contributed by atoms with Crippen LogP contribution in [0.3, 0.4) is 0 Å². The van der Waals surface area contributed by atoms with Crippen LogP contribution in [0.1, 0.15) is 11.3 Å². The van der Waals surface area contributed by atoms with E-state index in [9.17, 15) is 21.8 Å². The smallest absolute Gasteiger partial charge is 0.400 e. The van der Waals surface area contributed by atoms with Gasteiger partial charge in [-0.3, -0.25) is 4.21 Å². The van der Waals surface area contributed by atoms with Gasteiger partial charge in [0.15, 0.2) is 5.69 Å². The van der Waals surface area contributed by atoms with Crippen LogP contribution in [-0.4, -0.2) is 37.4 Å². The Bertz CT molecular complexity index is 794. The number of nitrogens with zero attached hydrogens (tertiary/aromatic N) is 3. The first-order valence-corrected chi connectivity index (χ1v) is 8.25. The van der Waals surface area contributed by atoms with Gasteiger partial charge in [-0.1, -0.05) is 11.2 Å². The minimum Gasteiger partial charge on any atom is -0.411 e. The predicted molar refractivity (Wildman–Crippen MR) is 77.8 cm³/mol. The molecule has 1 N–H and O–H groups in total. The van der Waals surface area contributed by atoms with E-state index >= 15 is 0 Å². The number of hydrogen-bond acceptors (Lipinski definition) is 6. The molecular weight excluding hydrogens is 422 g/mol. The molecule has 0 aliphatic carbocycles. The molecule has 130 valence electrons. The first kappa shape index (κ1) is 18.5. The average molecular weight is 430 g/mol. The van der Waals surface area contributed by atoms with Crippen molar-refractivity contribution in [2.75, 3.05) is 5.75 Å². The van der Waals surface area contributed by atoms with Gasteiger partial charge in [-0.15, -0.1) is 0 Å². The maximum absolute atomic E-state index is 13.2. The Morgan fingerprint density at radius 3 is 2.67 bits per heavy atom. The highest BCUT2D eigenvalue weighted by molar-refractivity contribution is 9.10. The number of aromatic nitrogens is 2. The molecule has 6 nitrogen and oxygen atoms in total. The van der Waals surface area contributed by atoms with Gasteiger partial charge in [0, 0.05) is 6.42 Å². The van der Waals surface area contributed by atoms with Crippen LogP contribution in [0.2, 0.25) is 0 Å². The molecule has 12 heteroatoms. The summed E-state index contributed by atoms with van der Waals surface area (Å²) in [7, 11) is -2.58. The fraction of sp³-hybridized carbons (Fsp3) is 0.250. The Morgan fingerprint density at radius 2 is 2.08 bits per heavy atom. The van der Waals surface area contributed by atoms with Crippen molar-refractivity contribution in [3.8, 4) is 0 Å². The fourth-order valence-electron chi connectivity index (χ4n) is 1.73. The molecule has 0 saturated heterocycles. The highest BCUT2D eigenvalue weighted by atomic mass is 79.9. The van der Waals surface area contributed by atoms with E-state index in [1.807, 2.05) is 0 Å². The van der Waals surface area contributed by atoms with Crippen LogP contribution in [0.15, 0.2) is 37.5 Å². The van der Waals surface area contributed by atoms with Gasteiger partial charge < -0.3 is 5.21 Å². The zero-order valence-corrected chi connectivity index (χ0v) is 14.0. The first-order chi connectivity index (χ1) is 11.2. The minimum absolute atomic E-state index is 0.125. The molecule has 0 aliphatic heterocycles. The summed E-state index contributed by atoms with van der Waals surface area (Å²) in [6.45, 7) is 0. The Hall–Kier alpha value is -1.82. The number of alkyl halides is 3. The molecule has 1 aromatic heterocycles. The van der Waals surface area contributed by atoms with Crippen LogP contribution in [0.4, 0.5) is 17.6 Å². The lowest BCUT2D eigenvalue weighted by atomic mass is 10.1. The highest BCUT2D eigenvalue weighted by Gasteiger charge is 2.34. The van der Waals surface area contributed by atoms with Crippen molar-refractivity contribution < 1.29 is 31.6 Å². The number of hydrogen-bond donors (Lipinski definition) is 1. The standard InChI is InChI=1S/C12H8BrF4N3O3S/c13-7-3-6(1-2-8(7)14)4-9(18-21)10-11(20-23-19-10)24(22)5-12(15,16)17/h1-3,21H,4-5H2. The molecule has 2 rings (SSSR count). The van der Waals surface area contributed by atoms with Gasteiger partial charge in [-0.25, -0.2) is 9.02 Å². The predicted octanol–water partition coefficient (Wildman–Crippen LogP) is 3.06. The summed E-state index contributed by atoms with van der Waals surface area (Å²) in [4.78, 5) is 0. The third-order valence-electron chi connectivity index (χ3n) is 2.72. The number of benzene rings is 1. The largest absolute Gasteiger partial charge is 0.411 e. The molecule has 1 heterocycles. The number of halogens is 5. The molecule has 1 unspecified atom stereocenters. The van der Waals surface area contributed by atoms with Crippen molar-refractivity contribution in [1.29, 1.82) is 0 Å². The Morgan fingerprint density at radius 1 is 1.38 bits per heavy atom. The van der Waals surface area contributed by atoms with Crippen molar-refractivity contribution in [1.82, 2.24) is 10.3 Å². The van der Waals surface area contributed by atoms with Gasteiger partial charge in [0.2, 0.25) is 5.03 Å². The van der Waals surface area contributed by atoms with E-state index in [0.717, 1.165) is 6.07 Å². The van der Waals surface area contributed by atoms with Crippen molar-refractivity contribution in [3.63, 3.8) is 0 Å². The topological polar surface area (TPSA) is 88.6 Å². The summed E-state index contributed by atoms with van der Waals surface area (Å²) < 4.78 is 66.5. The second-order valence-electron chi connectivity index (χ2n) is 4.49. The van der Waals surface area contributed by atoms with Crippen molar-refractivity contribution in [2.45, 2.75) is 17.6 Å². The fourth-order valence-corrected chi connectivity index (χ4v) is 3.08. The Kier molecular flexibility index (Phi) is 5.70. The van der Waals surface area contributed by atoms with Crippen LogP contribution in [0.5, 0.6) is 0 Å². The van der Waals surface area contributed by atoms with Gasteiger partial charge in [-0.05, 0) is 43.9 Å². The van der Waals surface area contributed by atoms with Gasteiger partial charge >= 0.3 is 6.18 Å². The van der Waals surface area contributed by atoms with Gasteiger partial charge in [-0.2, -0.15) is 13.2 Å². The summed E-state index contributed by atoms with van der Waals surface area (Å²) >= 11 is 2.98. The van der Waals surface area contributed by atoms with Crippen molar-refractivity contribution in [3.05, 3.63) is 39.7 Å². The third kappa shape index (κ3) is 4.60. The van der Waals surface area contributed by atoms with Crippen LogP contribution >= 0.6 is 15.9 Å². The Labute approximate surface area is 143 Å². The van der Waals surface area contributed by atoms with E-state index in [2.05, 4.69) is 36.0 Å². The van der Waals surface area contributed by atoms with E-state index < -0.39 is 33.6 Å². The van der Waals surface area contributed by atoms with E-state index in [0.29, 0.717) is 5.56 Å². The molecule has 0 bridgehead atoms. The molecular formula is C12H8BrF4N3O3S. The highest BCUT2D eigenvalue weighted by Crippen LogP contribution is 2.22. The monoisotopic (exact) mass is 429 g/mol. The molecule has 0 fully saturated rings. The third-order valence-corrected chi connectivity index (χ3v) is 4.61. The Balaban J connectivity index is 2.28. The second-order valence-corrected chi connectivity index (χ2v) is 6.72. The lowest BCUT2D eigenvalue weighted by molar-refractivity contribution is -0.105. The van der Waals surface area contributed by atoms with Gasteiger partial charge in [0.1, 0.15) is 17.3 Å². The maximum Gasteiger partial charge on any atom is 0.400 e. The summed E-state index contributed by atoms with van der Waals surface area (Å²) in [6, 6.07) is 3.92. The first-order valence-electron chi connectivity index (χ1n) is 6.14. The lowest BCUT2D eigenvalue weighted by Gasteiger charge is -2.06. The van der Waals surface area contributed by atoms with Crippen LogP contribution < -0.4 is 0 Å². The van der Waals surface area contributed by atoms with Crippen LogP contribution in [0, 0.1) is 5.82 Å². The van der Waals surface area contributed by atoms with E-state index in [-0.39, 0.29) is 22.3 Å². The molecule has 1 aromatic carbocycles. The average Bonchev–Trinajstić information content (AvgIpc) is 2.96. The lowest BCUT2D eigenvalue weighted by Crippen LogP contribution is -2.20. The molecule has 0 amide bonds. The molecule has 0 radical (unpaired) electrons. The minimum atomic E-state index is -4.68. The molecule has 1 atom stereocenters. The van der Waals surface area contributed by atoms with E-state index in [1.54, 1.807) is 0 Å². The molecule has 0 saturated carbocycles. The van der Waals surface area contributed by atoms with Crippen molar-refractivity contribution >= 4 is 32.4 Å². The summed E-state index contributed by atoms with van der Waals surface area (Å²) in [6.07, 6.45) is -4.81. The SMILES string of the molecule is O=S(CC(F)(F)F)c1nonc1C(Cc1ccc(F)c(Br)c1)=NO. The molecule has 0 aliphatic rings. The van der Waals surface area contributed by atoms with Crippen LogP contribution in [-0.2, 0) is 17.2 Å². The maximum atomic E-state index is 13.2. The number of oxime groups is 1. The zero-order chi connectivity index (χ0) is 17.9. The second kappa shape index (κ2) is 7.38. The van der Waals surface area contributed by atoms with Gasteiger partial charge in [0.05, 0.1) is 15.3 Å². The van der Waals surface area contributed by atoms with Crippen molar-refractivity contribution in [2.24, 2.45) is 5.16 Å². The summed E-state index contributed by atoms with van der Waals surface area (Å²) in [5.74, 6) is -2.16. The number of rotatable bonds is 5. The normalized spacial score (nSPS) is 14.0.